The minimum Gasteiger partial charge on any atom is -0.396 e. The number of anilines is 1. The second-order valence-electron chi connectivity index (χ2n) is 4.07. The van der Waals surface area contributed by atoms with Crippen LogP contribution in [0.25, 0.3) is 17.1 Å². The molecule has 5 heteroatoms. The van der Waals surface area contributed by atoms with Gasteiger partial charge in [-0.25, -0.2) is 9.67 Å². The summed E-state index contributed by atoms with van der Waals surface area (Å²) in [5.41, 5.74) is 8.47. The maximum Gasteiger partial charge on any atom is 0.153 e. The van der Waals surface area contributed by atoms with Crippen molar-refractivity contribution >= 4 is 28.3 Å². The van der Waals surface area contributed by atoms with Crippen molar-refractivity contribution < 1.29 is 0 Å². The number of nitrogens with two attached hydrogens (primary N) is 1. The third kappa shape index (κ3) is 2.46. The summed E-state index contributed by atoms with van der Waals surface area (Å²) in [7, 11) is 0. The molecule has 0 aliphatic carbocycles. The number of hydrogen-bond acceptors (Lipinski definition) is 3. The van der Waals surface area contributed by atoms with Gasteiger partial charge >= 0.3 is 0 Å². The zero-order valence-electron chi connectivity index (χ0n) is 9.99. The Balaban J connectivity index is 2.05. The predicted octanol–water partition coefficient (Wildman–Crippen LogP) is 3.12. The summed E-state index contributed by atoms with van der Waals surface area (Å²) >= 11 is 2.27. The predicted molar refractivity (Wildman–Crippen MR) is 83.9 cm³/mol. The van der Waals surface area contributed by atoms with Crippen molar-refractivity contribution in [3.8, 4) is 17.1 Å². The molecule has 19 heavy (non-hydrogen) atoms. The van der Waals surface area contributed by atoms with Crippen LogP contribution in [0.4, 0.5) is 5.69 Å². The molecule has 0 bridgehead atoms. The summed E-state index contributed by atoms with van der Waals surface area (Å²) in [6, 6.07) is 13.8. The molecule has 0 amide bonds. The summed E-state index contributed by atoms with van der Waals surface area (Å²) in [5.74, 6) is 0.756. The van der Waals surface area contributed by atoms with Gasteiger partial charge in [-0.15, -0.1) is 0 Å². The van der Waals surface area contributed by atoms with E-state index < -0.39 is 0 Å². The van der Waals surface area contributed by atoms with E-state index in [2.05, 4.69) is 32.7 Å². The third-order valence-electron chi connectivity index (χ3n) is 2.74. The first-order valence-electron chi connectivity index (χ1n) is 5.76. The van der Waals surface area contributed by atoms with Crippen LogP contribution in [-0.2, 0) is 0 Å². The molecule has 0 unspecified atom stereocenters. The average Bonchev–Trinajstić information content (AvgIpc) is 2.83. The lowest BCUT2D eigenvalue weighted by atomic mass is 10.1. The average molecular weight is 362 g/mol. The maximum absolute atomic E-state index is 6.04. The quantitative estimate of drug-likeness (QED) is 0.713. The highest BCUT2D eigenvalue weighted by atomic mass is 127. The zero-order valence-corrected chi connectivity index (χ0v) is 12.2. The van der Waals surface area contributed by atoms with Gasteiger partial charge in [0.15, 0.2) is 5.82 Å². The van der Waals surface area contributed by atoms with Crippen LogP contribution in [0.2, 0.25) is 0 Å². The monoisotopic (exact) mass is 362 g/mol. The summed E-state index contributed by atoms with van der Waals surface area (Å²) in [4.78, 5) is 4.25. The Morgan fingerprint density at radius 3 is 2.53 bits per heavy atom. The molecule has 2 aromatic heterocycles. The highest BCUT2D eigenvalue weighted by Gasteiger charge is 2.09. The third-order valence-corrected chi connectivity index (χ3v) is 3.46. The largest absolute Gasteiger partial charge is 0.396 e. The van der Waals surface area contributed by atoms with Gasteiger partial charge in [0.2, 0.25) is 0 Å². The van der Waals surface area contributed by atoms with E-state index in [1.807, 2.05) is 42.5 Å². The first kappa shape index (κ1) is 12.2. The van der Waals surface area contributed by atoms with Crippen molar-refractivity contribution in [1.82, 2.24) is 14.8 Å². The van der Waals surface area contributed by atoms with E-state index in [9.17, 15) is 0 Å². The van der Waals surface area contributed by atoms with Gasteiger partial charge in [0.25, 0.3) is 0 Å². The normalized spacial score (nSPS) is 10.6. The number of benzene rings is 1. The molecule has 0 saturated carbocycles. The second-order valence-corrected chi connectivity index (χ2v) is 5.32. The van der Waals surface area contributed by atoms with E-state index in [4.69, 9.17) is 5.73 Å². The Hall–Kier alpha value is -1.89. The molecule has 0 spiro atoms. The zero-order chi connectivity index (χ0) is 13.2. The lowest BCUT2D eigenvalue weighted by molar-refractivity contribution is 0.850. The molecule has 94 valence electrons. The fourth-order valence-electron chi connectivity index (χ4n) is 1.83. The molecule has 3 rings (SSSR count). The maximum atomic E-state index is 6.04. The molecular weight excluding hydrogens is 351 g/mol. The van der Waals surface area contributed by atoms with Gasteiger partial charge in [-0.3, -0.25) is 0 Å². The fraction of sp³-hybridized carbons (Fsp3) is 0. The SMILES string of the molecule is Nc1cn(-c2ccccn2)nc1-c1ccc(I)cc1. The smallest absolute Gasteiger partial charge is 0.153 e. The van der Waals surface area contributed by atoms with Gasteiger partial charge in [-0.2, -0.15) is 5.10 Å². The van der Waals surface area contributed by atoms with Crippen molar-refractivity contribution in [3.63, 3.8) is 0 Å². The Morgan fingerprint density at radius 1 is 1.05 bits per heavy atom. The highest BCUT2D eigenvalue weighted by Crippen LogP contribution is 2.25. The van der Waals surface area contributed by atoms with Crippen LogP contribution in [0.5, 0.6) is 0 Å². The van der Waals surface area contributed by atoms with Crippen molar-refractivity contribution in [2.45, 2.75) is 0 Å². The molecule has 2 N–H and O–H groups in total. The fourth-order valence-corrected chi connectivity index (χ4v) is 2.19. The molecule has 0 atom stereocenters. The molecule has 2 heterocycles. The molecule has 0 radical (unpaired) electrons. The lowest BCUT2D eigenvalue weighted by Gasteiger charge is -1.99. The number of hydrogen-bond donors (Lipinski definition) is 1. The van der Waals surface area contributed by atoms with E-state index in [-0.39, 0.29) is 0 Å². The molecular formula is C14H11IN4. The number of nitrogens with zero attached hydrogens (tertiary/aromatic N) is 3. The van der Waals surface area contributed by atoms with Crippen LogP contribution in [0, 0.1) is 3.57 Å². The topological polar surface area (TPSA) is 56.7 Å². The number of pyridine rings is 1. The van der Waals surface area contributed by atoms with Gasteiger partial charge < -0.3 is 5.73 Å². The van der Waals surface area contributed by atoms with Crippen LogP contribution >= 0.6 is 22.6 Å². The van der Waals surface area contributed by atoms with Crippen LogP contribution < -0.4 is 5.73 Å². The van der Waals surface area contributed by atoms with Crippen LogP contribution in [0.15, 0.2) is 54.9 Å². The summed E-state index contributed by atoms with van der Waals surface area (Å²) in [5, 5.41) is 4.51. The van der Waals surface area contributed by atoms with Gasteiger partial charge in [0.1, 0.15) is 5.69 Å². The molecule has 3 aromatic rings. The second kappa shape index (κ2) is 5.00. The van der Waals surface area contributed by atoms with E-state index in [0.717, 1.165) is 17.1 Å². The van der Waals surface area contributed by atoms with Crippen molar-refractivity contribution in [2.75, 3.05) is 5.73 Å². The molecule has 0 saturated heterocycles. The number of nitrogen functional groups attached to an aromatic ring is 1. The Bertz CT molecular complexity index is 689. The van der Waals surface area contributed by atoms with Crippen LogP contribution in [-0.4, -0.2) is 14.8 Å². The Morgan fingerprint density at radius 2 is 1.84 bits per heavy atom. The van der Waals surface area contributed by atoms with E-state index in [0.29, 0.717) is 5.69 Å². The first-order chi connectivity index (χ1) is 9.24. The summed E-state index contributed by atoms with van der Waals surface area (Å²) in [6.07, 6.45) is 3.52. The highest BCUT2D eigenvalue weighted by molar-refractivity contribution is 14.1. The minimum atomic E-state index is 0.645. The molecule has 4 nitrogen and oxygen atoms in total. The number of rotatable bonds is 2. The molecule has 0 fully saturated rings. The first-order valence-corrected chi connectivity index (χ1v) is 6.84. The van der Waals surface area contributed by atoms with Gasteiger partial charge in [0.05, 0.1) is 11.9 Å². The Kier molecular flexibility index (Phi) is 3.20. The number of aromatic nitrogens is 3. The van der Waals surface area contributed by atoms with E-state index >= 15 is 0 Å². The minimum absolute atomic E-state index is 0.645. The Labute approximate surface area is 124 Å². The number of halogens is 1. The van der Waals surface area contributed by atoms with Crippen molar-refractivity contribution in [2.24, 2.45) is 0 Å². The molecule has 0 aliphatic heterocycles. The van der Waals surface area contributed by atoms with Gasteiger partial charge in [-0.1, -0.05) is 18.2 Å². The van der Waals surface area contributed by atoms with Gasteiger partial charge in [0, 0.05) is 15.3 Å². The summed E-state index contributed by atoms with van der Waals surface area (Å²) in [6.45, 7) is 0. The van der Waals surface area contributed by atoms with Crippen molar-refractivity contribution in [3.05, 3.63) is 58.4 Å². The van der Waals surface area contributed by atoms with Crippen LogP contribution in [0.1, 0.15) is 0 Å². The summed E-state index contributed by atoms with van der Waals surface area (Å²) < 4.78 is 2.88. The molecule has 0 aliphatic rings. The van der Waals surface area contributed by atoms with E-state index in [1.54, 1.807) is 17.1 Å². The standard InChI is InChI=1S/C14H11IN4/c15-11-6-4-10(5-7-11)14-12(16)9-19(18-14)13-3-1-2-8-17-13/h1-9H,16H2. The van der Waals surface area contributed by atoms with E-state index in [1.165, 1.54) is 3.57 Å². The lowest BCUT2D eigenvalue weighted by Crippen LogP contribution is -1.97. The van der Waals surface area contributed by atoms with Crippen LogP contribution in [0.3, 0.4) is 0 Å². The van der Waals surface area contributed by atoms with Crippen molar-refractivity contribution in [1.29, 1.82) is 0 Å². The molecule has 1 aromatic carbocycles. The van der Waals surface area contributed by atoms with Gasteiger partial charge in [-0.05, 0) is 46.9 Å².